The summed E-state index contributed by atoms with van der Waals surface area (Å²) < 4.78 is 0. The second-order valence-electron chi connectivity index (χ2n) is 2.96. The minimum absolute atomic E-state index is 0.108. The first-order valence-corrected chi connectivity index (χ1v) is 4.86. The molecule has 0 saturated heterocycles. The normalized spacial score (nSPS) is 12.5. The summed E-state index contributed by atoms with van der Waals surface area (Å²) in [4.78, 5) is 0. The van der Waals surface area contributed by atoms with Crippen LogP contribution in [0, 0.1) is 0 Å². The molecule has 0 saturated carbocycles. The Morgan fingerprint density at radius 1 is 1.43 bits per heavy atom. The Balaban J connectivity index is 3.05. The third-order valence-electron chi connectivity index (χ3n) is 1.89. The number of halogens is 2. The summed E-state index contributed by atoms with van der Waals surface area (Å²) in [6, 6.07) is 3.02. The highest BCUT2D eigenvalue weighted by Gasteiger charge is 2.10. The predicted molar refractivity (Wildman–Crippen MR) is 59.9 cm³/mol. The number of hydrogen-bond acceptors (Lipinski definition) is 2. The van der Waals surface area contributed by atoms with E-state index in [1.165, 1.54) is 0 Å². The van der Waals surface area contributed by atoms with Gasteiger partial charge in [0, 0.05) is 6.04 Å². The average Bonchev–Trinajstić information content (AvgIpc) is 2.13. The van der Waals surface area contributed by atoms with E-state index < -0.39 is 0 Å². The molecule has 0 unspecified atom stereocenters. The summed E-state index contributed by atoms with van der Waals surface area (Å²) in [5.41, 5.74) is 6.61. The van der Waals surface area contributed by atoms with Crippen molar-refractivity contribution in [3.8, 4) is 5.75 Å². The van der Waals surface area contributed by atoms with E-state index in [0.717, 1.165) is 5.56 Å². The summed E-state index contributed by atoms with van der Waals surface area (Å²) >= 11 is 11.5. The van der Waals surface area contributed by atoms with Gasteiger partial charge in [-0.1, -0.05) is 29.3 Å². The molecule has 1 aromatic carbocycles. The summed E-state index contributed by atoms with van der Waals surface area (Å²) in [6.07, 6.45) is 2.36. The fourth-order valence-electron chi connectivity index (χ4n) is 1.11. The van der Waals surface area contributed by atoms with E-state index in [4.69, 9.17) is 28.9 Å². The van der Waals surface area contributed by atoms with Gasteiger partial charge in [0.2, 0.25) is 0 Å². The van der Waals surface area contributed by atoms with Crippen molar-refractivity contribution in [3.05, 3.63) is 40.4 Å². The maximum Gasteiger partial charge on any atom is 0.152 e. The minimum Gasteiger partial charge on any atom is -0.505 e. The highest BCUT2D eigenvalue weighted by atomic mass is 35.5. The number of aromatic hydroxyl groups is 1. The van der Waals surface area contributed by atoms with Crippen LogP contribution in [0.2, 0.25) is 10.0 Å². The van der Waals surface area contributed by atoms with Crippen LogP contribution in [0.25, 0.3) is 0 Å². The molecule has 0 aliphatic carbocycles. The molecule has 0 bridgehead atoms. The second-order valence-corrected chi connectivity index (χ2v) is 3.78. The lowest BCUT2D eigenvalue weighted by atomic mass is 10.0. The quantitative estimate of drug-likeness (QED) is 0.785. The van der Waals surface area contributed by atoms with Gasteiger partial charge in [0.25, 0.3) is 0 Å². The Morgan fingerprint density at radius 2 is 1.93 bits per heavy atom. The molecule has 1 atom stereocenters. The molecular weight excluding hydrogens is 221 g/mol. The van der Waals surface area contributed by atoms with E-state index in [1.54, 1.807) is 18.2 Å². The topological polar surface area (TPSA) is 46.2 Å². The average molecular weight is 232 g/mol. The van der Waals surface area contributed by atoms with Gasteiger partial charge in [0.1, 0.15) is 0 Å². The lowest BCUT2D eigenvalue weighted by molar-refractivity contribution is 0.475. The Labute approximate surface area is 92.9 Å². The van der Waals surface area contributed by atoms with E-state index in [-0.39, 0.29) is 21.8 Å². The number of phenolic OH excluding ortho intramolecular Hbond substituents is 1. The first-order chi connectivity index (χ1) is 6.56. The lowest BCUT2D eigenvalue weighted by Crippen LogP contribution is -2.08. The minimum atomic E-state index is -0.192. The zero-order valence-corrected chi connectivity index (χ0v) is 9.02. The molecular formula is C10H11Cl2NO. The number of phenols is 1. The SMILES string of the molecule is C=CC[C@H](N)c1cc(Cl)c(O)c(Cl)c1. The second kappa shape index (κ2) is 4.69. The standard InChI is InChI=1S/C10H11Cl2NO/c1-2-3-9(13)6-4-7(11)10(14)8(12)5-6/h2,4-5,9,14H,1,3,13H2/t9-/m0/s1. The number of hydrogen-bond donors (Lipinski definition) is 2. The fraction of sp³-hybridized carbons (Fsp3) is 0.200. The van der Waals surface area contributed by atoms with E-state index in [1.807, 2.05) is 0 Å². The number of rotatable bonds is 3. The Morgan fingerprint density at radius 3 is 2.36 bits per heavy atom. The molecule has 1 aromatic rings. The van der Waals surface area contributed by atoms with Crippen LogP contribution in [0.4, 0.5) is 0 Å². The van der Waals surface area contributed by atoms with Gasteiger partial charge in [0.15, 0.2) is 5.75 Å². The first-order valence-electron chi connectivity index (χ1n) is 4.10. The maximum absolute atomic E-state index is 9.32. The molecule has 0 heterocycles. The van der Waals surface area contributed by atoms with Crippen molar-refractivity contribution in [1.29, 1.82) is 0 Å². The van der Waals surface area contributed by atoms with Gasteiger partial charge in [0.05, 0.1) is 10.0 Å². The molecule has 14 heavy (non-hydrogen) atoms. The summed E-state index contributed by atoms with van der Waals surface area (Å²) in [5, 5.41) is 9.75. The predicted octanol–water partition coefficient (Wildman–Crippen LogP) is 3.27. The van der Waals surface area contributed by atoms with Gasteiger partial charge in [-0.15, -0.1) is 6.58 Å². The van der Waals surface area contributed by atoms with Crippen molar-refractivity contribution in [2.24, 2.45) is 5.73 Å². The van der Waals surface area contributed by atoms with Gasteiger partial charge in [-0.3, -0.25) is 0 Å². The van der Waals surface area contributed by atoms with E-state index in [2.05, 4.69) is 6.58 Å². The third kappa shape index (κ3) is 2.41. The lowest BCUT2D eigenvalue weighted by Gasteiger charge is -2.11. The van der Waals surface area contributed by atoms with Gasteiger partial charge < -0.3 is 10.8 Å². The Kier molecular flexibility index (Phi) is 3.81. The first kappa shape index (κ1) is 11.4. The zero-order chi connectivity index (χ0) is 10.7. The van der Waals surface area contributed by atoms with Crippen LogP contribution in [0.1, 0.15) is 18.0 Å². The monoisotopic (exact) mass is 231 g/mol. The zero-order valence-electron chi connectivity index (χ0n) is 7.50. The van der Waals surface area contributed by atoms with Crippen molar-refractivity contribution in [1.82, 2.24) is 0 Å². The third-order valence-corrected chi connectivity index (χ3v) is 2.46. The van der Waals surface area contributed by atoms with Crippen LogP contribution in [-0.2, 0) is 0 Å². The van der Waals surface area contributed by atoms with Crippen molar-refractivity contribution in [3.63, 3.8) is 0 Å². The molecule has 0 aromatic heterocycles. The van der Waals surface area contributed by atoms with Crippen LogP contribution in [0.15, 0.2) is 24.8 Å². The molecule has 2 nitrogen and oxygen atoms in total. The van der Waals surface area contributed by atoms with Crippen molar-refractivity contribution in [2.45, 2.75) is 12.5 Å². The summed E-state index contributed by atoms with van der Waals surface area (Å²) in [7, 11) is 0. The van der Waals surface area contributed by atoms with Gasteiger partial charge >= 0.3 is 0 Å². The smallest absolute Gasteiger partial charge is 0.152 e. The van der Waals surface area contributed by atoms with Crippen LogP contribution in [-0.4, -0.2) is 5.11 Å². The van der Waals surface area contributed by atoms with Crippen molar-refractivity contribution < 1.29 is 5.11 Å². The Bertz CT molecular complexity index is 329. The molecule has 0 fully saturated rings. The molecule has 4 heteroatoms. The molecule has 0 aliphatic heterocycles. The van der Waals surface area contributed by atoms with Crippen LogP contribution in [0.5, 0.6) is 5.75 Å². The van der Waals surface area contributed by atoms with Crippen molar-refractivity contribution >= 4 is 23.2 Å². The molecule has 3 N–H and O–H groups in total. The fourth-order valence-corrected chi connectivity index (χ4v) is 1.62. The molecule has 0 radical (unpaired) electrons. The number of nitrogens with two attached hydrogens (primary N) is 1. The van der Waals surface area contributed by atoms with E-state index in [9.17, 15) is 5.11 Å². The highest BCUT2D eigenvalue weighted by molar-refractivity contribution is 6.37. The molecule has 1 rings (SSSR count). The number of benzene rings is 1. The summed E-state index contributed by atoms with van der Waals surface area (Å²) in [6.45, 7) is 3.59. The van der Waals surface area contributed by atoms with Gasteiger partial charge in [-0.2, -0.15) is 0 Å². The maximum atomic E-state index is 9.32. The van der Waals surface area contributed by atoms with Crippen LogP contribution in [0.3, 0.4) is 0 Å². The summed E-state index contributed by atoms with van der Waals surface area (Å²) in [5.74, 6) is -0.108. The van der Waals surface area contributed by atoms with E-state index >= 15 is 0 Å². The van der Waals surface area contributed by atoms with Crippen LogP contribution < -0.4 is 5.73 Å². The van der Waals surface area contributed by atoms with Gasteiger partial charge in [-0.05, 0) is 24.1 Å². The largest absolute Gasteiger partial charge is 0.505 e. The highest BCUT2D eigenvalue weighted by Crippen LogP contribution is 2.34. The van der Waals surface area contributed by atoms with Crippen molar-refractivity contribution in [2.75, 3.05) is 0 Å². The van der Waals surface area contributed by atoms with Crippen LogP contribution >= 0.6 is 23.2 Å². The molecule has 0 amide bonds. The Hall–Kier alpha value is -0.700. The van der Waals surface area contributed by atoms with E-state index in [0.29, 0.717) is 6.42 Å². The van der Waals surface area contributed by atoms with Gasteiger partial charge in [-0.25, -0.2) is 0 Å². The molecule has 0 spiro atoms. The molecule has 0 aliphatic rings. The molecule has 76 valence electrons.